The number of thiophene rings is 1. The van der Waals surface area contributed by atoms with Gasteiger partial charge in [-0.3, -0.25) is 4.79 Å². The number of fused-ring (bicyclic) bond motifs is 1. The van der Waals surface area contributed by atoms with Crippen LogP contribution in [0.2, 0.25) is 0 Å². The molecule has 1 aromatic heterocycles. The van der Waals surface area contributed by atoms with Crippen molar-refractivity contribution in [2.24, 2.45) is 0 Å². The molecule has 0 aliphatic heterocycles. The molecule has 0 radical (unpaired) electrons. The number of nitrogens with one attached hydrogen (secondary N) is 1. The molecule has 0 aliphatic carbocycles. The molecule has 0 saturated carbocycles. The van der Waals surface area contributed by atoms with Crippen LogP contribution in [-0.2, 0) is 9.53 Å². The van der Waals surface area contributed by atoms with Gasteiger partial charge < -0.3 is 25.2 Å². The number of amides is 1. The summed E-state index contributed by atoms with van der Waals surface area (Å²) in [5.74, 6) is -0.267. The van der Waals surface area contributed by atoms with E-state index in [1.165, 1.54) is 18.3 Å². The first-order chi connectivity index (χ1) is 13.5. The van der Waals surface area contributed by atoms with Crippen molar-refractivity contribution in [2.75, 3.05) is 25.1 Å². The molecular formula is C20H28BrN2O5S+. The molecule has 0 fully saturated rings. The number of ether oxygens (including phenoxy) is 2. The summed E-state index contributed by atoms with van der Waals surface area (Å²) in [7, 11) is 0. The van der Waals surface area contributed by atoms with E-state index in [9.17, 15) is 14.7 Å². The zero-order valence-corrected chi connectivity index (χ0v) is 19.7. The van der Waals surface area contributed by atoms with E-state index < -0.39 is 12.1 Å². The van der Waals surface area contributed by atoms with Crippen LogP contribution < -0.4 is 15.4 Å². The fraction of sp³-hybridized carbons (Fsp3) is 0.500. The average molecular weight is 488 g/mol. The summed E-state index contributed by atoms with van der Waals surface area (Å²) in [4.78, 5) is 24.1. The highest BCUT2D eigenvalue weighted by Crippen LogP contribution is 2.44. The third kappa shape index (κ3) is 6.40. The molecule has 2 aromatic rings. The minimum Gasteiger partial charge on any atom is -0.488 e. The molecule has 4 N–H and O–H groups in total. The second-order valence-corrected chi connectivity index (χ2v) is 9.61. The minimum absolute atomic E-state index is 0.0110. The van der Waals surface area contributed by atoms with E-state index in [0.29, 0.717) is 37.4 Å². The van der Waals surface area contributed by atoms with Gasteiger partial charge in [0.05, 0.1) is 21.3 Å². The highest BCUT2D eigenvalue weighted by molar-refractivity contribution is 9.10. The zero-order valence-electron chi connectivity index (χ0n) is 17.3. The van der Waals surface area contributed by atoms with Crippen LogP contribution in [0.25, 0.3) is 10.1 Å². The Balaban J connectivity index is 2.36. The van der Waals surface area contributed by atoms with Crippen LogP contribution in [0, 0.1) is 0 Å². The molecule has 0 aliphatic rings. The molecule has 2 rings (SSSR count). The maximum Gasteiger partial charge on any atom is 0.341 e. The third-order valence-corrected chi connectivity index (χ3v) is 5.70. The largest absolute Gasteiger partial charge is 0.488 e. The molecule has 0 saturated heterocycles. The predicted octanol–water partition coefficient (Wildman–Crippen LogP) is 2.90. The summed E-state index contributed by atoms with van der Waals surface area (Å²) >= 11 is 4.72. The van der Waals surface area contributed by atoms with Gasteiger partial charge in [-0.05, 0) is 49.7 Å². The summed E-state index contributed by atoms with van der Waals surface area (Å²) in [5, 5.41) is 16.1. The third-order valence-electron chi connectivity index (χ3n) is 3.96. The molecule has 160 valence electrons. The van der Waals surface area contributed by atoms with Crippen LogP contribution in [0.3, 0.4) is 0 Å². The molecule has 1 heterocycles. The summed E-state index contributed by atoms with van der Waals surface area (Å²) in [6.07, 6.45) is -0.657. The van der Waals surface area contributed by atoms with E-state index in [-0.39, 0.29) is 24.7 Å². The SMILES string of the molecule is CCOC(=O)c1c(NC(C)=O)sc2c(OC[C@H](O)C[NH2+]C(C)(C)C)c(Br)ccc12. The molecule has 0 unspecified atom stereocenters. The van der Waals surface area contributed by atoms with E-state index in [1.54, 1.807) is 19.1 Å². The van der Waals surface area contributed by atoms with Gasteiger partial charge in [0.25, 0.3) is 0 Å². The number of rotatable bonds is 8. The number of aliphatic hydroxyl groups excluding tert-OH is 1. The lowest BCUT2D eigenvalue weighted by Crippen LogP contribution is -2.96. The van der Waals surface area contributed by atoms with Crippen molar-refractivity contribution in [3.8, 4) is 5.75 Å². The number of aliphatic hydroxyl groups is 1. The predicted molar refractivity (Wildman–Crippen MR) is 118 cm³/mol. The molecule has 1 aromatic carbocycles. The second-order valence-electron chi connectivity index (χ2n) is 7.73. The maximum absolute atomic E-state index is 12.5. The van der Waals surface area contributed by atoms with Crippen LogP contribution in [0.1, 0.15) is 45.0 Å². The Hall–Kier alpha value is -1.68. The first-order valence-electron chi connectivity index (χ1n) is 9.38. The topological polar surface area (TPSA) is 101 Å². The van der Waals surface area contributed by atoms with Gasteiger partial charge in [0, 0.05) is 12.3 Å². The van der Waals surface area contributed by atoms with Gasteiger partial charge >= 0.3 is 5.97 Å². The van der Waals surface area contributed by atoms with Crippen LogP contribution in [0.5, 0.6) is 5.75 Å². The first-order valence-corrected chi connectivity index (χ1v) is 11.0. The normalized spacial score (nSPS) is 12.7. The maximum atomic E-state index is 12.5. The van der Waals surface area contributed by atoms with Crippen LogP contribution >= 0.6 is 27.3 Å². The summed E-state index contributed by atoms with van der Waals surface area (Å²) < 4.78 is 12.5. The molecule has 29 heavy (non-hydrogen) atoms. The number of hydrogen-bond acceptors (Lipinski definition) is 6. The van der Waals surface area contributed by atoms with Gasteiger partial charge in [-0.1, -0.05) is 6.07 Å². The van der Waals surface area contributed by atoms with Gasteiger partial charge in [-0.2, -0.15) is 0 Å². The molecule has 0 spiro atoms. The number of esters is 1. The van der Waals surface area contributed by atoms with Crippen molar-refractivity contribution >= 4 is 54.2 Å². The Kier molecular flexibility index (Phi) is 8.04. The van der Waals surface area contributed by atoms with E-state index in [1.807, 2.05) is 0 Å². The van der Waals surface area contributed by atoms with Crippen LogP contribution in [0.4, 0.5) is 5.00 Å². The summed E-state index contributed by atoms with van der Waals surface area (Å²) in [6, 6.07) is 3.56. The highest BCUT2D eigenvalue weighted by atomic mass is 79.9. The molecule has 1 atom stereocenters. The van der Waals surface area contributed by atoms with Crippen LogP contribution in [0.15, 0.2) is 16.6 Å². The Bertz CT molecular complexity index is 891. The van der Waals surface area contributed by atoms with Crippen molar-refractivity contribution < 1.29 is 29.5 Å². The monoisotopic (exact) mass is 487 g/mol. The fourth-order valence-electron chi connectivity index (χ4n) is 2.64. The van der Waals surface area contributed by atoms with Crippen molar-refractivity contribution in [3.05, 3.63) is 22.2 Å². The second kappa shape index (κ2) is 9.88. The quantitative estimate of drug-likeness (QED) is 0.496. The molecule has 0 bridgehead atoms. The van der Waals surface area contributed by atoms with Crippen molar-refractivity contribution in [2.45, 2.75) is 46.3 Å². The van der Waals surface area contributed by atoms with Gasteiger partial charge in [-0.25, -0.2) is 4.79 Å². The average Bonchev–Trinajstić information content (AvgIpc) is 2.96. The molecule has 9 heteroatoms. The number of carbonyl (C=O) groups is 2. The zero-order chi connectivity index (χ0) is 21.8. The van der Waals surface area contributed by atoms with E-state index in [4.69, 9.17) is 9.47 Å². The number of quaternary nitrogens is 1. The number of nitrogens with two attached hydrogens (primary N) is 1. The molecular weight excluding hydrogens is 460 g/mol. The smallest absolute Gasteiger partial charge is 0.341 e. The van der Waals surface area contributed by atoms with E-state index in [0.717, 1.165) is 0 Å². The van der Waals surface area contributed by atoms with Gasteiger partial charge in [0.15, 0.2) is 5.75 Å². The standard InChI is InChI=1S/C20H27BrN2O5S/c1-6-27-19(26)15-13-7-8-14(21)16(17(13)29-18(15)23-11(2)24)28-10-12(25)9-22-20(3,4)5/h7-8,12,22,25H,6,9-10H2,1-5H3,(H,23,24)/p+1/t12-/m1/s1. The van der Waals surface area contributed by atoms with E-state index >= 15 is 0 Å². The summed E-state index contributed by atoms with van der Waals surface area (Å²) in [5.41, 5.74) is 0.318. The lowest BCUT2D eigenvalue weighted by molar-refractivity contribution is -0.722. The number of carbonyl (C=O) groups excluding carboxylic acids is 2. The van der Waals surface area contributed by atoms with Crippen LogP contribution in [-0.4, -0.2) is 48.4 Å². The Morgan fingerprint density at radius 1 is 1.34 bits per heavy atom. The minimum atomic E-state index is -0.657. The van der Waals surface area contributed by atoms with Gasteiger partial charge in [0.2, 0.25) is 5.91 Å². The Labute approximate surface area is 182 Å². The summed E-state index contributed by atoms with van der Waals surface area (Å²) in [6.45, 7) is 10.2. The van der Waals surface area contributed by atoms with Crippen molar-refractivity contribution in [1.82, 2.24) is 0 Å². The molecule has 7 nitrogen and oxygen atoms in total. The van der Waals surface area contributed by atoms with E-state index in [2.05, 4.69) is 47.3 Å². The number of halogens is 1. The van der Waals surface area contributed by atoms with Gasteiger partial charge in [0.1, 0.15) is 29.8 Å². The molecule has 1 amide bonds. The Morgan fingerprint density at radius 3 is 2.62 bits per heavy atom. The number of hydrogen-bond donors (Lipinski definition) is 3. The lowest BCUT2D eigenvalue weighted by atomic mass is 10.1. The lowest BCUT2D eigenvalue weighted by Gasteiger charge is -2.20. The fourth-order valence-corrected chi connectivity index (χ4v) is 4.45. The van der Waals surface area contributed by atoms with Gasteiger partial charge in [-0.15, -0.1) is 11.3 Å². The Morgan fingerprint density at radius 2 is 2.03 bits per heavy atom. The number of benzene rings is 1. The van der Waals surface area contributed by atoms with Crippen molar-refractivity contribution in [1.29, 1.82) is 0 Å². The number of anilines is 1. The highest BCUT2D eigenvalue weighted by Gasteiger charge is 2.25. The first kappa shape index (κ1) is 23.6. The van der Waals surface area contributed by atoms with Crippen molar-refractivity contribution in [3.63, 3.8) is 0 Å².